The minimum absolute atomic E-state index is 0.161. The van der Waals surface area contributed by atoms with Crippen LogP contribution in [0.25, 0.3) is 0 Å². The topological polar surface area (TPSA) is 128 Å². The third-order valence-electron chi connectivity index (χ3n) is 5.86. The normalized spacial score (nSPS) is 20.3. The Labute approximate surface area is 174 Å². The number of fused-ring (bicyclic) bond motifs is 1. The van der Waals surface area contributed by atoms with Gasteiger partial charge >= 0.3 is 5.97 Å². The summed E-state index contributed by atoms with van der Waals surface area (Å²) >= 11 is 0. The van der Waals surface area contributed by atoms with Gasteiger partial charge in [-0.2, -0.15) is 0 Å². The number of nitrogens with two attached hydrogens (primary N) is 1. The van der Waals surface area contributed by atoms with E-state index in [0.717, 1.165) is 30.6 Å². The highest BCUT2D eigenvalue weighted by Gasteiger charge is 2.61. The average Bonchev–Trinajstić information content (AvgIpc) is 3.09. The molecule has 3 N–H and O–H groups in total. The Hall–Kier alpha value is -3.49. The molecule has 9 heteroatoms. The molecular weight excluding hydrogens is 386 g/mol. The quantitative estimate of drug-likeness (QED) is 0.566. The maximum atomic E-state index is 11.1. The zero-order valence-electron chi connectivity index (χ0n) is 17.2. The Morgan fingerprint density at radius 3 is 2.40 bits per heavy atom. The number of carbonyl (C=O) groups excluding carboxylic acids is 3. The maximum absolute atomic E-state index is 11.1. The number of pyridine rings is 2. The first kappa shape index (κ1) is 21.2. The SMILES string of the molecule is CC1(C)C2CN(c3ccnc(C(N)=O)c3)CC21.COC(=O)c1cc(NC=O)ccn1. The number of carbonyl (C=O) groups is 3. The molecule has 2 fully saturated rings. The molecule has 1 aliphatic heterocycles. The first-order valence-electron chi connectivity index (χ1n) is 9.53. The number of nitrogens with zero attached hydrogens (tertiary/aromatic N) is 3. The summed E-state index contributed by atoms with van der Waals surface area (Å²) in [5.41, 5.74) is 7.83. The lowest BCUT2D eigenvalue weighted by atomic mass is 10.1. The van der Waals surface area contributed by atoms with Gasteiger partial charge in [-0.05, 0) is 41.5 Å². The third kappa shape index (κ3) is 4.40. The molecule has 0 bridgehead atoms. The predicted molar refractivity (Wildman–Crippen MR) is 111 cm³/mol. The van der Waals surface area contributed by atoms with Gasteiger partial charge in [-0.25, -0.2) is 9.78 Å². The van der Waals surface area contributed by atoms with Gasteiger partial charge in [0.05, 0.1) is 7.11 Å². The van der Waals surface area contributed by atoms with E-state index < -0.39 is 11.9 Å². The zero-order valence-corrected chi connectivity index (χ0v) is 17.2. The van der Waals surface area contributed by atoms with Gasteiger partial charge in [0.15, 0.2) is 0 Å². The molecule has 2 amide bonds. The van der Waals surface area contributed by atoms with E-state index in [0.29, 0.717) is 23.2 Å². The summed E-state index contributed by atoms with van der Waals surface area (Å²) in [6, 6.07) is 6.74. The number of rotatable bonds is 5. The monoisotopic (exact) mass is 411 g/mol. The lowest BCUT2D eigenvalue weighted by Gasteiger charge is -2.24. The third-order valence-corrected chi connectivity index (χ3v) is 5.86. The number of aromatic nitrogens is 2. The van der Waals surface area contributed by atoms with Gasteiger partial charge < -0.3 is 20.7 Å². The highest BCUT2D eigenvalue weighted by atomic mass is 16.5. The zero-order chi connectivity index (χ0) is 21.9. The lowest BCUT2D eigenvalue weighted by Crippen LogP contribution is -2.26. The molecule has 2 unspecified atom stereocenters. The fourth-order valence-corrected chi connectivity index (χ4v) is 3.90. The summed E-state index contributed by atoms with van der Waals surface area (Å²) in [7, 11) is 1.27. The van der Waals surface area contributed by atoms with Crippen molar-refractivity contribution in [3.63, 3.8) is 0 Å². The molecule has 2 atom stereocenters. The highest BCUT2D eigenvalue weighted by Crippen LogP contribution is 2.62. The molecule has 3 heterocycles. The van der Waals surface area contributed by atoms with E-state index in [1.54, 1.807) is 18.3 Å². The van der Waals surface area contributed by atoms with Gasteiger partial charge in [-0.1, -0.05) is 13.8 Å². The number of amides is 2. The van der Waals surface area contributed by atoms with Crippen molar-refractivity contribution in [2.75, 3.05) is 30.4 Å². The largest absolute Gasteiger partial charge is 0.464 e. The summed E-state index contributed by atoms with van der Waals surface area (Å²) in [5.74, 6) is 0.603. The number of ether oxygens (including phenoxy) is 1. The van der Waals surface area contributed by atoms with Gasteiger partial charge in [-0.3, -0.25) is 14.6 Å². The van der Waals surface area contributed by atoms with Crippen molar-refractivity contribution < 1.29 is 19.1 Å². The number of methoxy groups -OCH3 is 1. The van der Waals surface area contributed by atoms with E-state index in [1.807, 2.05) is 6.07 Å². The van der Waals surface area contributed by atoms with Crippen LogP contribution in [0.5, 0.6) is 0 Å². The Morgan fingerprint density at radius 1 is 1.17 bits per heavy atom. The van der Waals surface area contributed by atoms with E-state index in [1.165, 1.54) is 19.4 Å². The van der Waals surface area contributed by atoms with Crippen LogP contribution >= 0.6 is 0 Å². The minimum atomic E-state index is -0.533. The Kier molecular flexibility index (Phi) is 6.00. The second kappa shape index (κ2) is 8.48. The second-order valence-corrected chi connectivity index (χ2v) is 7.89. The van der Waals surface area contributed by atoms with Crippen molar-refractivity contribution >= 4 is 29.7 Å². The van der Waals surface area contributed by atoms with Gasteiger partial charge in [0.1, 0.15) is 11.4 Å². The van der Waals surface area contributed by atoms with Crippen LogP contribution in [0.4, 0.5) is 11.4 Å². The molecule has 2 aromatic rings. The summed E-state index contributed by atoms with van der Waals surface area (Å²) < 4.78 is 4.45. The van der Waals surface area contributed by atoms with Crippen molar-refractivity contribution in [3.05, 3.63) is 48.0 Å². The van der Waals surface area contributed by atoms with E-state index in [-0.39, 0.29) is 5.69 Å². The maximum Gasteiger partial charge on any atom is 0.356 e. The molecule has 2 aliphatic rings. The highest BCUT2D eigenvalue weighted by molar-refractivity contribution is 5.91. The smallest absolute Gasteiger partial charge is 0.356 e. The van der Waals surface area contributed by atoms with Crippen LogP contribution in [0, 0.1) is 17.3 Å². The van der Waals surface area contributed by atoms with E-state index in [4.69, 9.17) is 5.73 Å². The lowest BCUT2D eigenvalue weighted by molar-refractivity contribution is -0.105. The van der Waals surface area contributed by atoms with Gasteiger partial charge in [0.2, 0.25) is 6.41 Å². The first-order valence-corrected chi connectivity index (χ1v) is 9.53. The van der Waals surface area contributed by atoms with E-state index in [9.17, 15) is 14.4 Å². The molecule has 2 aromatic heterocycles. The van der Waals surface area contributed by atoms with Crippen LogP contribution in [0.3, 0.4) is 0 Å². The van der Waals surface area contributed by atoms with Crippen molar-refractivity contribution in [1.82, 2.24) is 9.97 Å². The van der Waals surface area contributed by atoms with Crippen LogP contribution in [0.15, 0.2) is 36.7 Å². The molecule has 0 aromatic carbocycles. The number of piperidine rings is 1. The van der Waals surface area contributed by atoms with Crippen molar-refractivity contribution in [3.8, 4) is 0 Å². The summed E-state index contributed by atoms with van der Waals surface area (Å²) in [6.07, 6.45) is 3.60. The van der Waals surface area contributed by atoms with Crippen molar-refractivity contribution in [1.29, 1.82) is 0 Å². The molecule has 9 nitrogen and oxygen atoms in total. The van der Waals surface area contributed by atoms with E-state index in [2.05, 4.69) is 38.8 Å². The fourth-order valence-electron chi connectivity index (χ4n) is 3.90. The Bertz CT molecular complexity index is 948. The van der Waals surface area contributed by atoms with Crippen LogP contribution < -0.4 is 16.0 Å². The fraction of sp³-hybridized carbons (Fsp3) is 0.381. The number of hydrogen-bond acceptors (Lipinski definition) is 7. The Balaban J connectivity index is 0.000000178. The standard InChI is InChI=1S/C13H17N3O.C8H8N2O3/c1-13(2)9-6-16(7-10(9)13)8-3-4-15-11(5-8)12(14)17;1-13-8(12)7-4-6(10-5-11)2-3-9-7/h3-5,9-10H,6-7H2,1-2H3,(H2,14,17);2-5H,1H3,(H,9,10,11). The molecule has 0 radical (unpaired) electrons. The van der Waals surface area contributed by atoms with Gasteiger partial charge in [0, 0.05) is 36.9 Å². The molecule has 158 valence electrons. The number of nitrogens with one attached hydrogen (secondary N) is 1. The molecule has 1 saturated heterocycles. The second-order valence-electron chi connectivity index (χ2n) is 7.89. The van der Waals surface area contributed by atoms with Crippen LogP contribution in [0.2, 0.25) is 0 Å². The van der Waals surface area contributed by atoms with E-state index >= 15 is 0 Å². The van der Waals surface area contributed by atoms with Crippen LogP contribution in [-0.4, -0.2) is 48.5 Å². The van der Waals surface area contributed by atoms with Crippen LogP contribution in [0.1, 0.15) is 34.8 Å². The molecule has 1 saturated carbocycles. The minimum Gasteiger partial charge on any atom is -0.464 e. The van der Waals surface area contributed by atoms with Gasteiger partial charge in [0.25, 0.3) is 5.91 Å². The van der Waals surface area contributed by atoms with Gasteiger partial charge in [-0.15, -0.1) is 0 Å². The first-order chi connectivity index (χ1) is 14.3. The molecule has 30 heavy (non-hydrogen) atoms. The number of hydrogen-bond donors (Lipinski definition) is 2. The Morgan fingerprint density at radius 2 is 1.80 bits per heavy atom. The van der Waals surface area contributed by atoms with Crippen LogP contribution in [-0.2, 0) is 9.53 Å². The summed E-state index contributed by atoms with van der Waals surface area (Å²) in [5, 5.41) is 2.40. The number of esters is 1. The molecule has 0 spiro atoms. The summed E-state index contributed by atoms with van der Waals surface area (Å²) in [4.78, 5) is 42.2. The summed E-state index contributed by atoms with van der Waals surface area (Å²) in [6.45, 7) is 6.84. The predicted octanol–water partition coefficient (Wildman–Crippen LogP) is 1.71. The average molecular weight is 411 g/mol. The number of anilines is 2. The molecule has 1 aliphatic carbocycles. The number of primary amides is 1. The van der Waals surface area contributed by atoms with Crippen molar-refractivity contribution in [2.24, 2.45) is 23.0 Å². The van der Waals surface area contributed by atoms with Crippen molar-refractivity contribution in [2.45, 2.75) is 13.8 Å². The molecular formula is C21H25N5O4. The molecule has 4 rings (SSSR count).